The highest BCUT2D eigenvalue weighted by molar-refractivity contribution is 9.09. The number of ether oxygens (including phenoxy) is 2. The number of halogens is 1. The second kappa shape index (κ2) is 22.3. The number of alkyl halides is 1. The molecule has 2 heterocycles. The maximum Gasteiger partial charge on any atom is 0.157 e. The van der Waals surface area contributed by atoms with Gasteiger partial charge in [-0.15, -0.1) is 0 Å². The van der Waals surface area contributed by atoms with Gasteiger partial charge in [0.25, 0.3) is 0 Å². The molecule has 0 aliphatic heterocycles. The summed E-state index contributed by atoms with van der Waals surface area (Å²) in [5.74, 6) is 8.70. The fourth-order valence-corrected chi connectivity index (χ4v) is 18.0. The van der Waals surface area contributed by atoms with E-state index in [-0.39, 0.29) is 57.2 Å². The van der Waals surface area contributed by atoms with Gasteiger partial charge in [0.15, 0.2) is 17.3 Å². The number of fused-ring (bicyclic) bond motifs is 10. The molecule has 0 unspecified atom stereocenters. The lowest BCUT2D eigenvalue weighted by Gasteiger charge is -2.61. The Morgan fingerprint density at radius 3 is 1.53 bits per heavy atom. The highest BCUT2D eigenvalue weighted by atomic mass is 79.9. The Balaban J connectivity index is 0.000000218. The van der Waals surface area contributed by atoms with Crippen molar-refractivity contribution in [3.8, 4) is 11.5 Å². The molecule has 2 aromatic heterocycles. The monoisotopic (exact) mass is 1040 g/mol. The third-order valence-corrected chi connectivity index (χ3v) is 21.5. The van der Waals surface area contributed by atoms with Crippen LogP contribution in [-0.4, -0.2) is 70.5 Å². The predicted octanol–water partition coefficient (Wildman–Crippen LogP) is 14.1. The van der Waals surface area contributed by atoms with Crippen molar-refractivity contribution >= 4 is 27.5 Å². The molecule has 0 amide bonds. The number of nitrogens with one attached hydrogen (secondary N) is 1. The minimum atomic E-state index is -0.475. The number of hydrogen-bond acceptors (Lipinski definition) is 8. The van der Waals surface area contributed by atoms with E-state index in [1.165, 1.54) is 70.6 Å². The Bertz CT molecular complexity index is 2020. The van der Waals surface area contributed by atoms with Gasteiger partial charge in [0, 0.05) is 11.8 Å². The van der Waals surface area contributed by atoms with Crippen LogP contribution in [0.25, 0.3) is 0 Å². The zero-order valence-electron chi connectivity index (χ0n) is 43.1. The molecule has 0 spiro atoms. The van der Waals surface area contributed by atoms with Crippen molar-refractivity contribution < 1.29 is 29.3 Å². The molecule has 8 aliphatic rings. The second-order valence-electron chi connectivity index (χ2n) is 25.8. The lowest BCUT2D eigenvalue weighted by atomic mass is 9.44. The first-order valence-electron chi connectivity index (χ1n) is 26.9. The molecular weight excluding hydrogens is 941 g/mol. The number of aliphatic hydroxyl groups is 2. The number of aromatic nitrogens is 4. The summed E-state index contributed by atoms with van der Waals surface area (Å²) in [7, 11) is 0. The molecule has 2 aromatic rings. The summed E-state index contributed by atoms with van der Waals surface area (Å²) in [6, 6.07) is 0. The van der Waals surface area contributed by atoms with E-state index in [4.69, 9.17) is 9.47 Å². The molecule has 8 fully saturated rings. The second-order valence-corrected chi connectivity index (χ2v) is 26.3. The smallest absolute Gasteiger partial charge is 0.157 e. The highest BCUT2D eigenvalue weighted by Gasteiger charge is 2.63. The average molecular weight is 1040 g/mol. The number of rotatable bonds is 9. The molecule has 10 nitrogen and oxygen atoms in total. The molecule has 0 aromatic carbocycles. The Morgan fingerprint density at radius 1 is 0.629 bits per heavy atom. The van der Waals surface area contributed by atoms with E-state index in [1.54, 1.807) is 23.3 Å². The fraction of sp³-hybridized carbons (Fsp3) is 0.864. The lowest BCUT2D eigenvalue weighted by Crippen LogP contribution is -2.55. The van der Waals surface area contributed by atoms with Crippen LogP contribution in [0.1, 0.15) is 207 Å². The Hall–Kier alpha value is -2.24. The molecule has 0 bridgehead atoms. The molecule has 11 heteroatoms. The van der Waals surface area contributed by atoms with Crippen molar-refractivity contribution in [1.29, 1.82) is 0 Å². The van der Waals surface area contributed by atoms with Gasteiger partial charge in [0.05, 0.1) is 60.1 Å². The molecule has 3 N–H and O–H groups in total. The van der Waals surface area contributed by atoms with Gasteiger partial charge in [-0.3, -0.25) is 19.4 Å². The van der Waals surface area contributed by atoms with E-state index in [1.807, 2.05) is 47.7 Å². The summed E-state index contributed by atoms with van der Waals surface area (Å²) in [4.78, 5) is 26.0. The summed E-state index contributed by atoms with van der Waals surface area (Å²) in [6.07, 6.45) is 28.3. The first-order valence-corrected chi connectivity index (χ1v) is 28.0. The normalized spacial score (nSPS) is 42.1. The van der Waals surface area contributed by atoms with Crippen LogP contribution >= 0.6 is 15.9 Å². The van der Waals surface area contributed by atoms with Gasteiger partial charge in [-0.25, -0.2) is 0 Å². The molecule has 10 rings (SSSR count). The largest absolute Gasteiger partial charge is 0.488 e. The minimum absolute atomic E-state index is 0. The van der Waals surface area contributed by atoms with Crippen LogP contribution in [0, 0.1) is 80.8 Å². The third-order valence-electron chi connectivity index (χ3n) is 21.0. The molecular formula is C59H101BrN4O6. The topological polar surface area (TPSA) is 140 Å². The quantitative estimate of drug-likeness (QED) is 0.211. The molecule has 0 saturated heterocycles. The van der Waals surface area contributed by atoms with E-state index < -0.39 is 11.2 Å². The first kappa shape index (κ1) is 58.6. The Morgan fingerprint density at radius 2 is 1.09 bits per heavy atom. The number of carbonyl (C=O) groups is 2. The van der Waals surface area contributed by atoms with E-state index >= 15 is 0 Å². The number of carbonyl (C=O) groups excluding carboxylic acids is 2. The maximum atomic E-state index is 13.5. The van der Waals surface area contributed by atoms with Crippen molar-refractivity contribution in [2.45, 2.75) is 237 Å². The van der Waals surface area contributed by atoms with E-state index in [0.717, 1.165) is 86.0 Å². The van der Waals surface area contributed by atoms with Crippen LogP contribution in [0.15, 0.2) is 24.8 Å². The van der Waals surface area contributed by atoms with Gasteiger partial charge in [-0.1, -0.05) is 65.9 Å². The zero-order chi connectivity index (χ0) is 48.3. The van der Waals surface area contributed by atoms with E-state index in [2.05, 4.69) is 58.9 Å². The average Bonchev–Trinajstić information content (AvgIpc) is 4.07. The number of H-pyrrole nitrogens is 1. The van der Waals surface area contributed by atoms with Crippen molar-refractivity contribution in [3.05, 3.63) is 24.8 Å². The summed E-state index contributed by atoms with van der Waals surface area (Å²) >= 11 is 3.43. The zero-order valence-corrected chi connectivity index (χ0v) is 44.7. The van der Waals surface area contributed by atoms with Crippen LogP contribution < -0.4 is 9.47 Å². The molecule has 8 aliphatic carbocycles. The molecule has 16 atom stereocenters. The van der Waals surface area contributed by atoms with Gasteiger partial charge in [-0.05, 0) is 226 Å². The molecule has 8 saturated carbocycles. The number of Topliss-reactive ketones (excluding diaryl/α,β-unsaturated/α-hetero) is 2. The number of ketones is 2. The number of hydrogen-bond donors (Lipinski definition) is 3. The Labute approximate surface area is 434 Å². The maximum absolute atomic E-state index is 13.5. The minimum Gasteiger partial charge on any atom is -0.488 e. The summed E-state index contributed by atoms with van der Waals surface area (Å²) in [5, 5.41) is 32.6. The van der Waals surface area contributed by atoms with Gasteiger partial charge in [0.1, 0.15) is 5.78 Å². The first-order chi connectivity index (χ1) is 31.5. The standard InChI is InChI=1S/C28H44N2O3.C22H35BrO2.C6H10N2O.3CH4/c1-18(2)33-20-15-29-30(16-20)17-25(31)24-9-8-22-21-7-6-19-14-26(3,32)12-13-27(19,4)23(21)10-11-28(22,24)5;1-20(25)10-11-21(2)14(12-20)4-5-15-16-6-7-18(19(24)13-23)22(16,3)9-8-17(15)21;1-5(2)9-6-3-7-8-4-6;;;/h15-16,18-19,21-24,32H,6-14,17H2,1-5H3;14-18,25H,4-13H2,1-3H3;3-5H,1-2H3,(H,7,8);3*1H4/t19-,21-,22-,23-,24+,26+,27-,28-;14-,15-,16-,17-,18+,20+,21-,22-;;;;/m00..../s1. The van der Waals surface area contributed by atoms with Gasteiger partial charge < -0.3 is 19.7 Å². The highest BCUT2D eigenvalue weighted by Crippen LogP contribution is 2.70. The van der Waals surface area contributed by atoms with Crippen LogP contribution in [-0.2, 0) is 16.1 Å². The lowest BCUT2D eigenvalue weighted by molar-refractivity contribution is -0.151. The van der Waals surface area contributed by atoms with Gasteiger partial charge in [-0.2, -0.15) is 10.2 Å². The summed E-state index contributed by atoms with van der Waals surface area (Å²) in [5.41, 5.74) is 0.250. The van der Waals surface area contributed by atoms with Crippen molar-refractivity contribution in [3.63, 3.8) is 0 Å². The fourth-order valence-electron chi connectivity index (χ4n) is 17.6. The Kier molecular flexibility index (Phi) is 18.7. The third kappa shape index (κ3) is 11.4. The number of aromatic amines is 1. The van der Waals surface area contributed by atoms with E-state index in [9.17, 15) is 19.8 Å². The predicted molar refractivity (Wildman–Crippen MR) is 288 cm³/mol. The van der Waals surface area contributed by atoms with Crippen molar-refractivity contribution in [2.75, 3.05) is 5.33 Å². The molecule has 400 valence electrons. The van der Waals surface area contributed by atoms with E-state index in [0.29, 0.717) is 52.0 Å². The SMILES string of the molecule is C.C.C.CC(C)Oc1cn[nH]c1.CC(C)Oc1cnn(CC(=O)[C@H]2CC[C@H]3[C@@H]4CC[C@H]5C[C@](C)(O)CC[C@]5(C)[C@H]4CC[C@]23C)c1.C[C@@]1(O)CC[C@@]2(C)[C@@H](CC[C@@H]3[C@@H]2CC[C@]2(C)[C@@H](C(=O)CBr)CC[C@@H]32)C1. The number of nitrogens with zero attached hydrogens (tertiary/aromatic N) is 3. The van der Waals surface area contributed by atoms with Crippen LogP contribution in [0.5, 0.6) is 11.5 Å². The van der Waals surface area contributed by atoms with Gasteiger partial charge in [0.2, 0.25) is 0 Å². The van der Waals surface area contributed by atoms with Gasteiger partial charge >= 0.3 is 0 Å². The summed E-state index contributed by atoms with van der Waals surface area (Å²) in [6.45, 7) is 22.4. The van der Waals surface area contributed by atoms with Crippen molar-refractivity contribution in [2.24, 2.45) is 80.8 Å². The van der Waals surface area contributed by atoms with Crippen LogP contribution in [0.3, 0.4) is 0 Å². The molecule has 0 radical (unpaired) electrons. The van der Waals surface area contributed by atoms with Crippen LogP contribution in [0.4, 0.5) is 0 Å². The molecule has 70 heavy (non-hydrogen) atoms. The van der Waals surface area contributed by atoms with Crippen molar-refractivity contribution in [1.82, 2.24) is 20.0 Å². The van der Waals surface area contributed by atoms with Crippen LogP contribution in [0.2, 0.25) is 0 Å². The summed E-state index contributed by atoms with van der Waals surface area (Å²) < 4.78 is 12.7.